The zero-order valence-corrected chi connectivity index (χ0v) is 8.55. The first-order valence-electron chi connectivity index (χ1n) is 3.81. The molecule has 0 bridgehead atoms. The van der Waals surface area contributed by atoms with Gasteiger partial charge in [0, 0.05) is 27.8 Å². The summed E-state index contributed by atoms with van der Waals surface area (Å²) >= 11 is 3.36. The summed E-state index contributed by atoms with van der Waals surface area (Å²) in [4.78, 5) is 18.2. The van der Waals surface area contributed by atoms with Crippen molar-refractivity contribution >= 4 is 32.6 Å². The van der Waals surface area contributed by atoms with E-state index in [-0.39, 0.29) is 5.78 Å². The van der Waals surface area contributed by atoms with Crippen LogP contribution in [0.1, 0.15) is 17.3 Å². The molecule has 0 aliphatic heterocycles. The summed E-state index contributed by atoms with van der Waals surface area (Å²) in [7, 11) is 0. The van der Waals surface area contributed by atoms with Crippen LogP contribution in [0.4, 0.5) is 0 Å². The van der Waals surface area contributed by atoms with Crippen LogP contribution in [0.2, 0.25) is 0 Å². The number of fused-ring (bicyclic) bond motifs is 1. The standard InChI is InChI=1S/C9H7BrN2O/c1-5(13)6-2-12-8-4-11-3-7(10)9(6)8/h2-4,12H,1H3. The van der Waals surface area contributed by atoms with Gasteiger partial charge in [-0.05, 0) is 22.9 Å². The minimum Gasteiger partial charge on any atom is -0.359 e. The van der Waals surface area contributed by atoms with Gasteiger partial charge in [0.15, 0.2) is 5.78 Å². The number of nitrogens with one attached hydrogen (secondary N) is 1. The highest BCUT2D eigenvalue weighted by molar-refractivity contribution is 9.10. The Labute approximate surface area is 83.3 Å². The van der Waals surface area contributed by atoms with Crippen LogP contribution in [0.3, 0.4) is 0 Å². The number of hydrogen-bond donors (Lipinski definition) is 1. The normalized spacial score (nSPS) is 10.6. The maximum atomic E-state index is 11.2. The van der Waals surface area contributed by atoms with Crippen molar-refractivity contribution < 1.29 is 4.79 Å². The fourth-order valence-electron chi connectivity index (χ4n) is 1.32. The van der Waals surface area contributed by atoms with E-state index in [0.29, 0.717) is 5.56 Å². The zero-order valence-electron chi connectivity index (χ0n) is 6.97. The van der Waals surface area contributed by atoms with Gasteiger partial charge in [-0.2, -0.15) is 0 Å². The van der Waals surface area contributed by atoms with Gasteiger partial charge in [0.1, 0.15) is 0 Å². The van der Waals surface area contributed by atoms with E-state index < -0.39 is 0 Å². The van der Waals surface area contributed by atoms with Crippen LogP contribution >= 0.6 is 15.9 Å². The van der Waals surface area contributed by atoms with Crippen molar-refractivity contribution in [2.24, 2.45) is 0 Å². The lowest BCUT2D eigenvalue weighted by atomic mass is 10.1. The van der Waals surface area contributed by atoms with Crippen molar-refractivity contribution in [3.8, 4) is 0 Å². The summed E-state index contributed by atoms with van der Waals surface area (Å²) in [6, 6.07) is 0. The molecule has 13 heavy (non-hydrogen) atoms. The second-order valence-corrected chi connectivity index (χ2v) is 3.66. The van der Waals surface area contributed by atoms with Crippen molar-refractivity contribution in [1.82, 2.24) is 9.97 Å². The number of rotatable bonds is 1. The third-order valence-corrected chi connectivity index (χ3v) is 2.52. The number of aromatic amines is 1. The van der Waals surface area contributed by atoms with Crippen molar-refractivity contribution in [3.05, 3.63) is 28.6 Å². The molecule has 0 unspecified atom stereocenters. The highest BCUT2D eigenvalue weighted by atomic mass is 79.9. The lowest BCUT2D eigenvalue weighted by Gasteiger charge is -1.95. The molecule has 4 heteroatoms. The predicted molar refractivity (Wildman–Crippen MR) is 53.8 cm³/mol. The number of carbonyl (C=O) groups is 1. The van der Waals surface area contributed by atoms with Crippen LogP contribution in [-0.2, 0) is 0 Å². The Bertz CT molecular complexity index is 475. The van der Waals surface area contributed by atoms with Gasteiger partial charge in [0.25, 0.3) is 0 Å². The first kappa shape index (κ1) is 8.44. The quantitative estimate of drug-likeness (QED) is 0.777. The average molecular weight is 239 g/mol. The van der Waals surface area contributed by atoms with E-state index in [1.165, 1.54) is 0 Å². The number of pyridine rings is 1. The molecule has 0 aliphatic rings. The number of Topliss-reactive ketones (excluding diaryl/α,β-unsaturated/α-hetero) is 1. The molecule has 0 radical (unpaired) electrons. The van der Waals surface area contributed by atoms with E-state index in [2.05, 4.69) is 25.9 Å². The van der Waals surface area contributed by atoms with Crippen LogP contribution in [0, 0.1) is 0 Å². The SMILES string of the molecule is CC(=O)c1c[nH]c2cncc(Br)c12. The van der Waals surface area contributed by atoms with Crippen LogP contribution in [0.5, 0.6) is 0 Å². The van der Waals surface area contributed by atoms with Crippen LogP contribution < -0.4 is 0 Å². The average Bonchev–Trinajstić information content (AvgIpc) is 2.49. The first-order chi connectivity index (χ1) is 6.20. The summed E-state index contributed by atoms with van der Waals surface area (Å²) in [6.07, 6.45) is 5.09. The van der Waals surface area contributed by atoms with Gasteiger partial charge in [-0.3, -0.25) is 9.78 Å². The molecular formula is C9H7BrN2O. The van der Waals surface area contributed by atoms with Crippen molar-refractivity contribution in [2.75, 3.05) is 0 Å². The Morgan fingerprint density at radius 2 is 2.31 bits per heavy atom. The Kier molecular flexibility index (Phi) is 1.92. The van der Waals surface area contributed by atoms with Crippen molar-refractivity contribution in [1.29, 1.82) is 0 Å². The number of hydrogen-bond acceptors (Lipinski definition) is 2. The number of H-pyrrole nitrogens is 1. The topological polar surface area (TPSA) is 45.8 Å². The zero-order chi connectivity index (χ0) is 9.42. The molecule has 0 spiro atoms. The fraction of sp³-hybridized carbons (Fsp3) is 0.111. The second kappa shape index (κ2) is 2.96. The molecule has 2 aromatic rings. The summed E-state index contributed by atoms with van der Waals surface area (Å²) in [6.45, 7) is 1.55. The summed E-state index contributed by atoms with van der Waals surface area (Å²) in [5.41, 5.74) is 1.57. The molecule has 3 nitrogen and oxygen atoms in total. The van der Waals surface area contributed by atoms with E-state index in [0.717, 1.165) is 15.4 Å². The molecular weight excluding hydrogens is 232 g/mol. The number of nitrogens with zero attached hydrogens (tertiary/aromatic N) is 1. The molecule has 0 aliphatic carbocycles. The van der Waals surface area contributed by atoms with Crippen LogP contribution in [0.25, 0.3) is 10.9 Å². The smallest absolute Gasteiger partial charge is 0.161 e. The lowest BCUT2D eigenvalue weighted by molar-refractivity contribution is 0.101. The van der Waals surface area contributed by atoms with Gasteiger partial charge in [0.2, 0.25) is 0 Å². The minimum absolute atomic E-state index is 0.0538. The molecule has 0 atom stereocenters. The summed E-state index contributed by atoms with van der Waals surface area (Å²) < 4.78 is 0.844. The Hall–Kier alpha value is -1.16. The van der Waals surface area contributed by atoms with Gasteiger partial charge in [0.05, 0.1) is 11.7 Å². The van der Waals surface area contributed by atoms with Gasteiger partial charge in [-0.15, -0.1) is 0 Å². The highest BCUT2D eigenvalue weighted by Crippen LogP contribution is 2.25. The van der Waals surface area contributed by atoms with Gasteiger partial charge >= 0.3 is 0 Å². The van der Waals surface area contributed by atoms with E-state index in [1.54, 1.807) is 25.5 Å². The van der Waals surface area contributed by atoms with Gasteiger partial charge in [-0.1, -0.05) is 0 Å². The lowest BCUT2D eigenvalue weighted by Crippen LogP contribution is -1.89. The number of aromatic nitrogens is 2. The molecule has 66 valence electrons. The van der Waals surface area contributed by atoms with Crippen LogP contribution in [-0.4, -0.2) is 15.8 Å². The summed E-state index contributed by atoms with van der Waals surface area (Å²) in [5.74, 6) is 0.0538. The largest absolute Gasteiger partial charge is 0.359 e. The highest BCUT2D eigenvalue weighted by Gasteiger charge is 2.10. The molecule has 1 N–H and O–H groups in total. The number of carbonyl (C=O) groups excluding carboxylic acids is 1. The Morgan fingerprint density at radius 3 is 3.00 bits per heavy atom. The molecule has 0 fully saturated rings. The molecule has 0 aromatic carbocycles. The molecule has 0 amide bonds. The Morgan fingerprint density at radius 1 is 1.54 bits per heavy atom. The van der Waals surface area contributed by atoms with Gasteiger partial charge < -0.3 is 4.98 Å². The van der Waals surface area contributed by atoms with Crippen LogP contribution in [0.15, 0.2) is 23.1 Å². The van der Waals surface area contributed by atoms with Gasteiger partial charge in [-0.25, -0.2) is 0 Å². The number of ketones is 1. The molecule has 0 saturated carbocycles. The predicted octanol–water partition coefficient (Wildman–Crippen LogP) is 2.53. The monoisotopic (exact) mass is 238 g/mol. The number of halogens is 1. The fourth-order valence-corrected chi connectivity index (χ4v) is 1.86. The summed E-state index contributed by atoms with van der Waals surface area (Å²) in [5, 5.41) is 0.905. The van der Waals surface area contributed by atoms with E-state index in [9.17, 15) is 4.79 Å². The first-order valence-corrected chi connectivity index (χ1v) is 4.61. The minimum atomic E-state index is 0.0538. The van der Waals surface area contributed by atoms with E-state index in [4.69, 9.17) is 0 Å². The molecule has 0 saturated heterocycles. The Balaban J connectivity index is 2.86. The van der Waals surface area contributed by atoms with Crippen molar-refractivity contribution in [2.45, 2.75) is 6.92 Å². The molecule has 2 aromatic heterocycles. The third-order valence-electron chi connectivity index (χ3n) is 1.92. The maximum absolute atomic E-state index is 11.2. The molecule has 2 heterocycles. The second-order valence-electron chi connectivity index (χ2n) is 2.80. The van der Waals surface area contributed by atoms with E-state index >= 15 is 0 Å². The maximum Gasteiger partial charge on any atom is 0.161 e. The van der Waals surface area contributed by atoms with E-state index in [1.807, 2.05) is 0 Å². The third kappa shape index (κ3) is 1.27. The molecule has 2 rings (SSSR count). The van der Waals surface area contributed by atoms with Crippen molar-refractivity contribution in [3.63, 3.8) is 0 Å².